The molecule has 3 aliphatic carbocycles. The van der Waals surface area contributed by atoms with Gasteiger partial charge in [-0.05, 0) is 46.7 Å². The van der Waals surface area contributed by atoms with Crippen molar-refractivity contribution >= 4 is 11.9 Å². The number of rotatable bonds is 4. The topological polar surface area (TPSA) is 108 Å². The minimum atomic E-state index is -0.711. The molecule has 4 N–H and O–H groups in total. The second-order valence-electron chi connectivity index (χ2n) is 9.22. The number of fused-ring (bicyclic) bond motifs is 1. The molecule has 180 valence electrons. The minimum Gasteiger partial charge on any atom is -0.504 e. The third-order valence-corrected chi connectivity index (χ3v) is 7.17. The first-order valence-corrected chi connectivity index (χ1v) is 12.0. The van der Waals surface area contributed by atoms with Gasteiger partial charge in [-0.1, -0.05) is 66.7 Å². The molecule has 3 amide bonds. The first kappa shape index (κ1) is 21.9. The maximum Gasteiger partial charge on any atom is 0.333 e. The van der Waals surface area contributed by atoms with Gasteiger partial charge >= 0.3 is 6.03 Å². The lowest BCUT2D eigenvalue weighted by Crippen LogP contribution is -2.49. The normalized spacial score (nSPS) is 19.2. The molecule has 0 radical (unpaired) electrons. The number of hydrogen-bond acceptors (Lipinski definition) is 4. The lowest BCUT2D eigenvalue weighted by atomic mass is 9.59. The molecule has 1 heterocycles. The van der Waals surface area contributed by atoms with Crippen molar-refractivity contribution in [3.05, 3.63) is 113 Å². The monoisotopic (exact) mass is 479 g/mol. The Bertz CT molecular complexity index is 1400. The molecule has 2 bridgehead atoms. The molecule has 8 heteroatoms. The van der Waals surface area contributed by atoms with Crippen LogP contribution in [0.25, 0.3) is 5.69 Å². The minimum absolute atomic E-state index is 0.183. The van der Waals surface area contributed by atoms with Gasteiger partial charge in [-0.25, -0.2) is 14.9 Å². The summed E-state index contributed by atoms with van der Waals surface area (Å²) in [5, 5.41) is 17.2. The van der Waals surface area contributed by atoms with Crippen LogP contribution >= 0.6 is 0 Å². The summed E-state index contributed by atoms with van der Waals surface area (Å²) in [6, 6.07) is 25.7. The zero-order valence-corrected chi connectivity index (χ0v) is 19.4. The maximum absolute atomic E-state index is 12.5. The predicted octanol–water partition coefficient (Wildman–Crippen LogP) is 3.82. The fourth-order valence-corrected chi connectivity index (χ4v) is 5.64. The van der Waals surface area contributed by atoms with Gasteiger partial charge in [0, 0.05) is 18.4 Å². The van der Waals surface area contributed by atoms with Gasteiger partial charge < -0.3 is 10.4 Å². The van der Waals surface area contributed by atoms with Crippen molar-refractivity contribution in [2.24, 2.45) is 5.92 Å². The zero-order valence-electron chi connectivity index (χ0n) is 19.4. The summed E-state index contributed by atoms with van der Waals surface area (Å²) < 4.78 is 1.40. The number of hydrogen-bond donors (Lipinski definition) is 4. The molecule has 8 nitrogen and oxygen atoms in total. The van der Waals surface area contributed by atoms with Crippen LogP contribution in [0.5, 0.6) is 5.75 Å². The van der Waals surface area contributed by atoms with Crippen LogP contribution in [0.4, 0.5) is 4.79 Å². The number of nitrogens with zero attached hydrogens (tertiary/aromatic N) is 2. The summed E-state index contributed by atoms with van der Waals surface area (Å²) in [5.74, 6) is -0.214. The molecule has 0 fully saturated rings. The smallest absolute Gasteiger partial charge is 0.333 e. The standard InChI is InChI=1S/C28H25N5O3/c34-24-16-33(18-8-2-1-3-9-18)32-26(24)27(35)30-31-28(36)29-15-17-14-23-19-10-4-6-12-21(19)25(17)22-13-7-5-11-20(22)23/h1-13,16-17,23,25,34H,14-15H2,(H,30,35)(H2,29,31,36). The number of aromatic hydroxyl groups is 1. The molecular formula is C28H25N5O3. The molecule has 0 spiro atoms. The Balaban J connectivity index is 1.09. The highest BCUT2D eigenvalue weighted by Gasteiger charge is 2.42. The van der Waals surface area contributed by atoms with E-state index in [1.807, 2.05) is 18.2 Å². The van der Waals surface area contributed by atoms with E-state index < -0.39 is 11.9 Å². The summed E-state index contributed by atoms with van der Waals surface area (Å²) in [4.78, 5) is 25.0. The average molecular weight is 480 g/mol. The number of amides is 3. The summed E-state index contributed by atoms with van der Waals surface area (Å²) in [6.45, 7) is 0.472. The number of para-hydroxylation sites is 1. The second kappa shape index (κ2) is 8.88. The first-order valence-electron chi connectivity index (χ1n) is 12.0. The lowest BCUT2D eigenvalue weighted by Gasteiger charge is -2.45. The van der Waals surface area contributed by atoms with E-state index in [1.54, 1.807) is 12.1 Å². The molecule has 0 saturated carbocycles. The van der Waals surface area contributed by atoms with E-state index in [0.29, 0.717) is 18.2 Å². The first-order chi connectivity index (χ1) is 17.6. The van der Waals surface area contributed by atoms with Crippen molar-refractivity contribution in [2.75, 3.05) is 6.54 Å². The van der Waals surface area contributed by atoms with Crippen LogP contribution in [-0.2, 0) is 0 Å². The van der Waals surface area contributed by atoms with Crippen LogP contribution in [0.1, 0.15) is 51.0 Å². The van der Waals surface area contributed by atoms with Crippen molar-refractivity contribution in [2.45, 2.75) is 18.3 Å². The Labute approximate surface area is 207 Å². The summed E-state index contributed by atoms with van der Waals surface area (Å²) in [7, 11) is 0. The van der Waals surface area contributed by atoms with Gasteiger partial charge in [0.15, 0.2) is 11.4 Å². The number of urea groups is 1. The average Bonchev–Trinajstić information content (AvgIpc) is 3.33. The number of nitrogens with one attached hydrogen (secondary N) is 3. The molecule has 0 aliphatic heterocycles. The fraction of sp³-hybridized carbons (Fsp3) is 0.179. The SMILES string of the molecule is O=C(NCC1CC2c3ccccc3C1c1ccccc12)NNC(=O)c1nn(-c2ccccc2)cc1O. The van der Waals surface area contributed by atoms with Gasteiger partial charge in [-0.15, -0.1) is 0 Å². The van der Waals surface area contributed by atoms with Crippen LogP contribution in [0.15, 0.2) is 85.1 Å². The highest BCUT2D eigenvalue weighted by Crippen LogP contribution is 2.55. The second-order valence-corrected chi connectivity index (χ2v) is 9.22. The van der Waals surface area contributed by atoms with Crippen molar-refractivity contribution in [1.29, 1.82) is 0 Å². The molecule has 0 saturated heterocycles. The van der Waals surface area contributed by atoms with Crippen LogP contribution in [0.3, 0.4) is 0 Å². The van der Waals surface area contributed by atoms with Gasteiger partial charge in [0.05, 0.1) is 11.9 Å². The molecule has 1 unspecified atom stereocenters. The van der Waals surface area contributed by atoms with E-state index in [9.17, 15) is 14.7 Å². The number of aromatic nitrogens is 2. The maximum atomic E-state index is 12.5. The number of carbonyl (C=O) groups excluding carboxylic acids is 2. The van der Waals surface area contributed by atoms with Gasteiger partial charge in [0.1, 0.15) is 0 Å². The van der Waals surface area contributed by atoms with Gasteiger partial charge in [0.2, 0.25) is 0 Å². The highest BCUT2D eigenvalue weighted by atomic mass is 16.3. The third-order valence-electron chi connectivity index (χ3n) is 7.17. The summed E-state index contributed by atoms with van der Waals surface area (Å²) in [5.41, 5.74) is 10.6. The highest BCUT2D eigenvalue weighted by molar-refractivity contribution is 5.95. The Kier molecular flexibility index (Phi) is 5.41. The van der Waals surface area contributed by atoms with E-state index in [1.165, 1.54) is 33.1 Å². The molecular weight excluding hydrogens is 454 g/mol. The van der Waals surface area contributed by atoms with Gasteiger partial charge in [-0.3, -0.25) is 10.2 Å². The van der Waals surface area contributed by atoms with Gasteiger partial charge in [0.25, 0.3) is 5.91 Å². The van der Waals surface area contributed by atoms with E-state index in [4.69, 9.17) is 0 Å². The van der Waals surface area contributed by atoms with E-state index >= 15 is 0 Å². The molecule has 3 aliphatic rings. The van der Waals surface area contributed by atoms with Crippen LogP contribution in [0, 0.1) is 5.92 Å². The van der Waals surface area contributed by atoms with Crippen LogP contribution in [-0.4, -0.2) is 33.4 Å². The number of benzene rings is 3. The molecule has 3 aromatic carbocycles. The van der Waals surface area contributed by atoms with Crippen molar-refractivity contribution in [3.8, 4) is 11.4 Å². The molecule has 1 atom stereocenters. The predicted molar refractivity (Wildman–Crippen MR) is 134 cm³/mol. The molecule has 4 aromatic rings. The Morgan fingerprint density at radius 2 is 1.47 bits per heavy atom. The van der Waals surface area contributed by atoms with Crippen molar-refractivity contribution in [1.82, 2.24) is 25.9 Å². The fourth-order valence-electron chi connectivity index (χ4n) is 5.64. The Morgan fingerprint density at radius 3 is 2.14 bits per heavy atom. The van der Waals surface area contributed by atoms with E-state index in [-0.39, 0.29) is 23.3 Å². The summed E-state index contributed by atoms with van der Waals surface area (Å²) >= 11 is 0. The zero-order chi connectivity index (χ0) is 24.6. The molecule has 36 heavy (non-hydrogen) atoms. The van der Waals surface area contributed by atoms with E-state index in [0.717, 1.165) is 6.42 Å². The van der Waals surface area contributed by atoms with Gasteiger partial charge in [-0.2, -0.15) is 5.10 Å². The third kappa shape index (κ3) is 3.76. The Morgan fingerprint density at radius 1 is 0.861 bits per heavy atom. The largest absolute Gasteiger partial charge is 0.504 e. The van der Waals surface area contributed by atoms with Crippen molar-refractivity contribution in [3.63, 3.8) is 0 Å². The Hall–Kier alpha value is -4.59. The van der Waals surface area contributed by atoms with E-state index in [2.05, 4.69) is 69.8 Å². The van der Waals surface area contributed by atoms with Crippen LogP contribution in [0.2, 0.25) is 0 Å². The number of carbonyl (C=O) groups is 2. The molecule has 7 rings (SSSR count). The van der Waals surface area contributed by atoms with Crippen molar-refractivity contribution < 1.29 is 14.7 Å². The lowest BCUT2D eigenvalue weighted by molar-refractivity contribution is 0.0928. The quantitative estimate of drug-likeness (QED) is 0.334. The number of hydrazine groups is 1. The molecule has 1 aromatic heterocycles. The van der Waals surface area contributed by atoms with Crippen LogP contribution < -0.4 is 16.2 Å². The summed E-state index contributed by atoms with van der Waals surface area (Å²) in [6.07, 6.45) is 2.30.